The summed E-state index contributed by atoms with van der Waals surface area (Å²) in [6.45, 7) is 6.79. The molecule has 0 radical (unpaired) electrons. The third-order valence-corrected chi connectivity index (χ3v) is 3.23. The Labute approximate surface area is 91.8 Å². The summed E-state index contributed by atoms with van der Waals surface area (Å²) < 4.78 is 4.93. The molecule has 0 bridgehead atoms. The lowest BCUT2D eigenvalue weighted by atomic mass is 9.79. The number of piperidine rings is 1. The summed E-state index contributed by atoms with van der Waals surface area (Å²) in [5.41, 5.74) is -0.476. The molecule has 1 rings (SSSR count). The molecular weight excluding hydrogens is 192 g/mol. The second kappa shape index (κ2) is 5.47. The van der Waals surface area contributed by atoms with E-state index in [1.54, 1.807) is 0 Å². The minimum Gasteiger partial charge on any atom is -0.468 e. The highest BCUT2D eigenvalue weighted by molar-refractivity contribution is 5.81. The van der Waals surface area contributed by atoms with Gasteiger partial charge in [-0.1, -0.05) is 13.8 Å². The van der Waals surface area contributed by atoms with E-state index in [0.717, 1.165) is 32.5 Å². The van der Waals surface area contributed by atoms with Crippen molar-refractivity contribution < 1.29 is 9.53 Å². The molecule has 0 aromatic rings. The maximum Gasteiger partial charge on any atom is 0.326 e. The topological polar surface area (TPSA) is 50.4 Å². The van der Waals surface area contributed by atoms with Gasteiger partial charge < -0.3 is 15.4 Å². The molecule has 0 aromatic carbocycles. The van der Waals surface area contributed by atoms with E-state index < -0.39 is 5.54 Å². The lowest BCUT2D eigenvalue weighted by Crippen LogP contribution is -2.63. The summed E-state index contributed by atoms with van der Waals surface area (Å²) >= 11 is 0. The van der Waals surface area contributed by atoms with Crippen LogP contribution in [0.15, 0.2) is 0 Å². The van der Waals surface area contributed by atoms with E-state index in [4.69, 9.17) is 4.74 Å². The van der Waals surface area contributed by atoms with Crippen LogP contribution in [0.4, 0.5) is 0 Å². The van der Waals surface area contributed by atoms with Gasteiger partial charge in [-0.05, 0) is 31.8 Å². The first kappa shape index (κ1) is 12.5. The fourth-order valence-electron chi connectivity index (χ4n) is 2.19. The normalized spacial score (nSPS) is 31.3. The average Bonchev–Trinajstić information content (AvgIpc) is 2.27. The third-order valence-electron chi connectivity index (χ3n) is 3.23. The Morgan fingerprint density at radius 1 is 1.67 bits per heavy atom. The van der Waals surface area contributed by atoms with Crippen LogP contribution in [0.1, 0.15) is 26.7 Å². The third kappa shape index (κ3) is 2.49. The Morgan fingerprint density at radius 3 is 2.93 bits per heavy atom. The number of hydrogen-bond acceptors (Lipinski definition) is 4. The predicted molar refractivity (Wildman–Crippen MR) is 59.7 cm³/mol. The zero-order valence-corrected chi connectivity index (χ0v) is 9.93. The van der Waals surface area contributed by atoms with Gasteiger partial charge in [-0.25, -0.2) is 0 Å². The van der Waals surface area contributed by atoms with Crippen LogP contribution < -0.4 is 10.6 Å². The molecule has 2 N–H and O–H groups in total. The molecule has 4 nitrogen and oxygen atoms in total. The van der Waals surface area contributed by atoms with Crippen LogP contribution >= 0.6 is 0 Å². The van der Waals surface area contributed by atoms with Crippen LogP contribution in [-0.2, 0) is 9.53 Å². The van der Waals surface area contributed by atoms with Gasteiger partial charge in [0.05, 0.1) is 7.11 Å². The second-order valence-electron chi connectivity index (χ2n) is 4.24. The number of carbonyl (C=O) groups is 1. The van der Waals surface area contributed by atoms with E-state index in [-0.39, 0.29) is 11.9 Å². The van der Waals surface area contributed by atoms with Gasteiger partial charge in [0.2, 0.25) is 0 Å². The largest absolute Gasteiger partial charge is 0.468 e. The average molecular weight is 214 g/mol. The van der Waals surface area contributed by atoms with E-state index in [1.807, 2.05) is 0 Å². The minimum atomic E-state index is -0.476. The maximum absolute atomic E-state index is 11.9. The van der Waals surface area contributed by atoms with Crippen molar-refractivity contribution in [3.63, 3.8) is 0 Å². The number of carbonyl (C=O) groups excluding carboxylic acids is 1. The first-order valence-electron chi connectivity index (χ1n) is 5.71. The van der Waals surface area contributed by atoms with E-state index in [0.29, 0.717) is 0 Å². The molecular formula is C11H22N2O2. The minimum absolute atomic E-state index is 0.120. The molecule has 1 fully saturated rings. The fraction of sp³-hybridized carbons (Fsp3) is 0.909. The van der Waals surface area contributed by atoms with Crippen molar-refractivity contribution in [3.05, 3.63) is 0 Å². The monoisotopic (exact) mass is 214 g/mol. The van der Waals surface area contributed by atoms with Crippen LogP contribution in [0.3, 0.4) is 0 Å². The van der Waals surface area contributed by atoms with Crippen molar-refractivity contribution in [3.8, 4) is 0 Å². The van der Waals surface area contributed by atoms with Gasteiger partial charge in [0.25, 0.3) is 0 Å². The Kier molecular flexibility index (Phi) is 4.54. The predicted octanol–water partition coefficient (Wildman–Crippen LogP) is 0.527. The van der Waals surface area contributed by atoms with Gasteiger partial charge in [-0.15, -0.1) is 0 Å². The van der Waals surface area contributed by atoms with Gasteiger partial charge >= 0.3 is 5.97 Å². The molecule has 1 aliphatic heterocycles. The number of nitrogens with one attached hydrogen (secondary N) is 2. The lowest BCUT2D eigenvalue weighted by molar-refractivity contribution is -0.152. The first-order valence-corrected chi connectivity index (χ1v) is 5.71. The van der Waals surface area contributed by atoms with Crippen LogP contribution in [0.5, 0.6) is 0 Å². The van der Waals surface area contributed by atoms with E-state index in [9.17, 15) is 4.79 Å². The Morgan fingerprint density at radius 2 is 2.40 bits per heavy atom. The molecule has 4 heteroatoms. The molecule has 15 heavy (non-hydrogen) atoms. The fourth-order valence-corrected chi connectivity index (χ4v) is 2.19. The standard InChI is InChI=1S/C11H22N2O2/c1-4-6-13-11(10(14)15-3)5-7-12-8-9(11)2/h9,12-13H,4-8H2,1-3H3. The molecule has 0 saturated carbocycles. The van der Waals surface area contributed by atoms with Crippen molar-refractivity contribution in [2.24, 2.45) is 5.92 Å². The zero-order chi connectivity index (χ0) is 11.3. The Balaban J connectivity index is 2.77. The van der Waals surface area contributed by atoms with Crippen LogP contribution in [0.25, 0.3) is 0 Å². The molecule has 1 aliphatic rings. The highest BCUT2D eigenvalue weighted by Crippen LogP contribution is 2.25. The van der Waals surface area contributed by atoms with Gasteiger partial charge in [0.1, 0.15) is 5.54 Å². The lowest BCUT2D eigenvalue weighted by Gasteiger charge is -2.41. The molecule has 1 heterocycles. The molecule has 0 spiro atoms. The molecule has 0 aromatic heterocycles. The number of methoxy groups -OCH3 is 1. The number of rotatable bonds is 4. The van der Waals surface area contributed by atoms with Crippen molar-refractivity contribution >= 4 is 5.97 Å². The first-order chi connectivity index (χ1) is 7.17. The summed E-state index contributed by atoms with van der Waals surface area (Å²) in [6.07, 6.45) is 1.83. The summed E-state index contributed by atoms with van der Waals surface area (Å²) in [7, 11) is 1.46. The quantitative estimate of drug-likeness (QED) is 0.670. The highest BCUT2D eigenvalue weighted by Gasteiger charge is 2.45. The maximum atomic E-state index is 11.9. The smallest absolute Gasteiger partial charge is 0.326 e. The molecule has 88 valence electrons. The molecule has 2 unspecified atom stereocenters. The van der Waals surface area contributed by atoms with E-state index >= 15 is 0 Å². The summed E-state index contributed by atoms with van der Waals surface area (Å²) in [5, 5.41) is 6.67. The van der Waals surface area contributed by atoms with E-state index in [2.05, 4.69) is 24.5 Å². The molecule has 1 saturated heterocycles. The number of ether oxygens (including phenoxy) is 1. The van der Waals surface area contributed by atoms with Crippen molar-refractivity contribution in [2.45, 2.75) is 32.2 Å². The van der Waals surface area contributed by atoms with Crippen LogP contribution in [0.2, 0.25) is 0 Å². The Bertz CT molecular complexity index is 221. The zero-order valence-electron chi connectivity index (χ0n) is 9.93. The van der Waals surface area contributed by atoms with Crippen LogP contribution in [-0.4, -0.2) is 38.3 Å². The summed E-state index contributed by atoms with van der Waals surface area (Å²) in [4.78, 5) is 11.9. The van der Waals surface area contributed by atoms with Gasteiger partial charge in [0.15, 0.2) is 0 Å². The molecule has 2 atom stereocenters. The van der Waals surface area contributed by atoms with E-state index in [1.165, 1.54) is 7.11 Å². The van der Waals surface area contributed by atoms with Gasteiger partial charge in [-0.2, -0.15) is 0 Å². The van der Waals surface area contributed by atoms with Crippen molar-refractivity contribution in [1.82, 2.24) is 10.6 Å². The van der Waals surface area contributed by atoms with Crippen molar-refractivity contribution in [2.75, 3.05) is 26.7 Å². The van der Waals surface area contributed by atoms with Gasteiger partial charge in [0, 0.05) is 6.54 Å². The number of esters is 1. The summed E-state index contributed by atoms with van der Waals surface area (Å²) in [6, 6.07) is 0. The van der Waals surface area contributed by atoms with Crippen LogP contribution in [0, 0.1) is 5.92 Å². The Hall–Kier alpha value is -0.610. The summed E-state index contributed by atoms with van der Waals surface area (Å²) in [5.74, 6) is 0.148. The number of hydrogen-bond donors (Lipinski definition) is 2. The SMILES string of the molecule is CCCNC1(C(=O)OC)CCNCC1C. The molecule has 0 aliphatic carbocycles. The molecule has 0 amide bonds. The second-order valence-corrected chi connectivity index (χ2v) is 4.24. The highest BCUT2D eigenvalue weighted by atomic mass is 16.5. The van der Waals surface area contributed by atoms with Gasteiger partial charge in [-0.3, -0.25) is 4.79 Å². The van der Waals surface area contributed by atoms with Crippen molar-refractivity contribution in [1.29, 1.82) is 0 Å².